The molecule has 0 aliphatic rings. The van der Waals surface area contributed by atoms with Crippen molar-refractivity contribution in [3.05, 3.63) is 29.6 Å². The van der Waals surface area contributed by atoms with Gasteiger partial charge >= 0.3 is 5.97 Å². The second-order valence-corrected chi connectivity index (χ2v) is 3.64. The molecule has 0 spiro atoms. The molecule has 0 radical (unpaired) electrons. The topological polar surface area (TPSA) is 64.3 Å². The van der Waals surface area contributed by atoms with Gasteiger partial charge in [0.1, 0.15) is 5.82 Å². The highest BCUT2D eigenvalue weighted by molar-refractivity contribution is 5.93. The number of carbonyl (C=O) groups is 1. The van der Waals surface area contributed by atoms with Gasteiger partial charge in [0.05, 0.1) is 23.7 Å². The number of imidazole rings is 1. The summed E-state index contributed by atoms with van der Waals surface area (Å²) in [4.78, 5) is 15.9. The Labute approximate surface area is 106 Å². The second-order valence-electron chi connectivity index (χ2n) is 3.64. The van der Waals surface area contributed by atoms with Crippen molar-refractivity contribution in [3.8, 4) is 0 Å². The predicted octanol–water partition coefficient (Wildman–Crippen LogP) is 1.53. The van der Waals surface area contributed by atoms with Gasteiger partial charge in [0, 0.05) is 20.6 Å². The zero-order chi connectivity index (χ0) is 13.7. The summed E-state index contributed by atoms with van der Waals surface area (Å²) in [5.41, 5.74) is 2.42. The number of carbonyl (C=O) groups excluding carboxylic acids is 1. The van der Waals surface area contributed by atoms with Gasteiger partial charge in [-0.1, -0.05) is 6.92 Å². The minimum absolute atomic E-state index is 0.318. The van der Waals surface area contributed by atoms with Crippen LogP contribution in [0.5, 0.6) is 0 Å². The Balaban J connectivity index is 0.000000771. The van der Waals surface area contributed by atoms with Crippen LogP contribution in [0.25, 0.3) is 11.0 Å². The Morgan fingerprint density at radius 1 is 1.44 bits per heavy atom. The molecule has 0 aliphatic heterocycles. The lowest BCUT2D eigenvalue weighted by molar-refractivity contribution is 0.0601. The summed E-state index contributed by atoms with van der Waals surface area (Å²) in [5, 5.41) is 7.00. The number of esters is 1. The summed E-state index contributed by atoms with van der Waals surface area (Å²) in [7, 11) is 4.34. The van der Waals surface area contributed by atoms with E-state index >= 15 is 0 Å². The summed E-state index contributed by atoms with van der Waals surface area (Å²) in [6, 6.07) is 5.40. The largest absolute Gasteiger partial charge is 0.465 e. The monoisotopic (exact) mass is 250 g/mol. The van der Waals surface area contributed by atoms with E-state index in [1.807, 2.05) is 23.7 Å². The first kappa shape index (κ1) is 14.2. The highest BCUT2D eigenvalue weighted by atomic mass is 16.5. The summed E-state index contributed by atoms with van der Waals surface area (Å²) in [6.45, 7) is 2.06. The van der Waals surface area contributed by atoms with E-state index in [9.17, 15) is 4.79 Å². The van der Waals surface area contributed by atoms with Gasteiger partial charge in [-0.2, -0.15) is 0 Å². The third-order valence-corrected chi connectivity index (χ3v) is 2.71. The van der Waals surface area contributed by atoms with Crippen LogP contribution in [0, 0.1) is 0 Å². The quantitative estimate of drug-likeness (QED) is 0.821. The molecule has 0 unspecified atom stereocenters. The predicted molar refractivity (Wildman–Crippen MR) is 69.6 cm³/mol. The number of aromatic nitrogens is 2. The van der Waals surface area contributed by atoms with Crippen LogP contribution in [-0.2, 0) is 18.2 Å². The maximum Gasteiger partial charge on any atom is 0.337 e. The third kappa shape index (κ3) is 2.51. The van der Waals surface area contributed by atoms with Crippen molar-refractivity contribution in [2.75, 3.05) is 14.2 Å². The summed E-state index contributed by atoms with van der Waals surface area (Å²) < 4.78 is 6.69. The van der Waals surface area contributed by atoms with E-state index in [1.54, 1.807) is 6.07 Å². The standard InChI is InChI=1S/C12H14N2O2.CH4O/c1-4-11-13-9-6-5-8(12(15)16-3)7-10(9)14(11)2;1-2/h5-7H,4H2,1-3H3;2H,1H3. The first-order valence-corrected chi connectivity index (χ1v) is 5.65. The van der Waals surface area contributed by atoms with Crippen LogP contribution < -0.4 is 0 Å². The number of ether oxygens (including phenoxy) is 1. The van der Waals surface area contributed by atoms with Gasteiger partial charge in [0.15, 0.2) is 0 Å². The van der Waals surface area contributed by atoms with Crippen molar-refractivity contribution in [2.24, 2.45) is 7.05 Å². The molecule has 0 saturated carbocycles. The van der Waals surface area contributed by atoms with Gasteiger partial charge in [-0.25, -0.2) is 9.78 Å². The number of methoxy groups -OCH3 is 1. The number of rotatable bonds is 2. The second kappa shape index (κ2) is 6.16. The smallest absolute Gasteiger partial charge is 0.337 e. The maximum absolute atomic E-state index is 11.4. The molecule has 1 aromatic heterocycles. The number of aliphatic hydroxyl groups excluding tert-OH is 1. The van der Waals surface area contributed by atoms with Crippen molar-refractivity contribution in [2.45, 2.75) is 13.3 Å². The number of aliphatic hydroxyl groups is 1. The third-order valence-electron chi connectivity index (χ3n) is 2.71. The minimum Gasteiger partial charge on any atom is -0.465 e. The zero-order valence-corrected chi connectivity index (χ0v) is 11.1. The molecular weight excluding hydrogens is 232 g/mol. The van der Waals surface area contributed by atoms with Crippen molar-refractivity contribution in [3.63, 3.8) is 0 Å². The molecular formula is C13H18N2O3. The molecule has 1 aromatic carbocycles. The number of nitrogens with zero attached hydrogens (tertiary/aromatic N) is 2. The molecule has 5 nitrogen and oxygen atoms in total. The van der Waals surface area contributed by atoms with Crippen LogP contribution in [0.2, 0.25) is 0 Å². The number of benzene rings is 1. The fourth-order valence-corrected chi connectivity index (χ4v) is 1.80. The Morgan fingerprint density at radius 2 is 2.11 bits per heavy atom. The first-order valence-electron chi connectivity index (χ1n) is 5.65. The molecule has 5 heteroatoms. The van der Waals surface area contributed by atoms with Crippen molar-refractivity contribution < 1.29 is 14.6 Å². The maximum atomic E-state index is 11.4. The van der Waals surface area contributed by atoms with Crippen LogP contribution in [-0.4, -0.2) is 34.8 Å². The van der Waals surface area contributed by atoms with Crippen LogP contribution >= 0.6 is 0 Å². The fraction of sp³-hybridized carbons (Fsp3) is 0.385. The molecule has 0 amide bonds. The zero-order valence-electron chi connectivity index (χ0n) is 11.1. The Kier molecular flexibility index (Phi) is 4.85. The lowest BCUT2D eigenvalue weighted by Gasteiger charge is -2.01. The van der Waals surface area contributed by atoms with E-state index < -0.39 is 0 Å². The first-order chi connectivity index (χ1) is 8.67. The van der Waals surface area contributed by atoms with E-state index in [1.165, 1.54) is 7.11 Å². The highest BCUT2D eigenvalue weighted by Gasteiger charge is 2.10. The number of hydrogen-bond acceptors (Lipinski definition) is 4. The van der Waals surface area contributed by atoms with E-state index in [4.69, 9.17) is 5.11 Å². The van der Waals surface area contributed by atoms with E-state index in [0.717, 1.165) is 30.4 Å². The Bertz CT molecular complexity index is 546. The van der Waals surface area contributed by atoms with Gasteiger partial charge in [-0.15, -0.1) is 0 Å². The number of hydrogen-bond donors (Lipinski definition) is 1. The lowest BCUT2D eigenvalue weighted by Crippen LogP contribution is -2.01. The fourth-order valence-electron chi connectivity index (χ4n) is 1.80. The van der Waals surface area contributed by atoms with Crippen molar-refractivity contribution >= 4 is 17.0 Å². The molecule has 0 saturated heterocycles. The number of aryl methyl sites for hydroxylation is 2. The lowest BCUT2D eigenvalue weighted by atomic mass is 10.2. The van der Waals surface area contributed by atoms with Gasteiger partial charge in [0.25, 0.3) is 0 Å². The molecule has 0 fully saturated rings. The summed E-state index contributed by atoms with van der Waals surface area (Å²) in [6.07, 6.45) is 0.874. The average molecular weight is 250 g/mol. The molecule has 2 aromatic rings. The Morgan fingerprint density at radius 3 is 2.67 bits per heavy atom. The molecule has 1 heterocycles. The molecule has 1 N–H and O–H groups in total. The van der Waals surface area contributed by atoms with Crippen LogP contribution in [0.1, 0.15) is 23.1 Å². The molecule has 0 aliphatic carbocycles. The van der Waals surface area contributed by atoms with E-state index in [-0.39, 0.29) is 5.97 Å². The van der Waals surface area contributed by atoms with Gasteiger partial charge < -0.3 is 14.4 Å². The minimum atomic E-state index is -0.318. The van der Waals surface area contributed by atoms with Gasteiger partial charge in [0.2, 0.25) is 0 Å². The summed E-state index contributed by atoms with van der Waals surface area (Å²) >= 11 is 0. The van der Waals surface area contributed by atoms with Crippen molar-refractivity contribution in [1.82, 2.24) is 9.55 Å². The highest BCUT2D eigenvalue weighted by Crippen LogP contribution is 2.17. The van der Waals surface area contributed by atoms with Gasteiger partial charge in [-0.05, 0) is 18.2 Å². The van der Waals surface area contributed by atoms with Crippen LogP contribution in [0.3, 0.4) is 0 Å². The van der Waals surface area contributed by atoms with Crippen LogP contribution in [0.4, 0.5) is 0 Å². The molecule has 18 heavy (non-hydrogen) atoms. The van der Waals surface area contributed by atoms with Crippen molar-refractivity contribution in [1.29, 1.82) is 0 Å². The van der Waals surface area contributed by atoms with Gasteiger partial charge in [-0.3, -0.25) is 0 Å². The molecule has 0 atom stereocenters. The normalized spacial score (nSPS) is 9.83. The average Bonchev–Trinajstić information content (AvgIpc) is 2.76. The Hall–Kier alpha value is -1.88. The van der Waals surface area contributed by atoms with Crippen LogP contribution in [0.15, 0.2) is 18.2 Å². The molecule has 0 bridgehead atoms. The summed E-state index contributed by atoms with van der Waals surface area (Å²) in [5.74, 6) is 0.693. The van der Waals surface area contributed by atoms with E-state index in [2.05, 4.69) is 16.6 Å². The van der Waals surface area contributed by atoms with E-state index in [0.29, 0.717) is 5.56 Å². The number of fused-ring (bicyclic) bond motifs is 1. The molecule has 2 rings (SSSR count). The molecule has 98 valence electrons. The SMILES string of the molecule is CCc1nc2ccc(C(=O)OC)cc2n1C.CO.